The Kier molecular flexibility index (Phi) is 7.06. The summed E-state index contributed by atoms with van der Waals surface area (Å²) < 4.78 is 0. The molecule has 0 aliphatic carbocycles. The molecule has 2 rings (SSSR count). The van der Waals surface area contributed by atoms with E-state index in [1.54, 1.807) is 24.3 Å². The molecule has 0 aliphatic rings. The van der Waals surface area contributed by atoms with Crippen LogP contribution in [0.1, 0.15) is 11.1 Å². The molecule has 0 saturated heterocycles. The second-order valence-electron chi connectivity index (χ2n) is 4.76. The first-order chi connectivity index (χ1) is 11.6. The molecule has 24 heavy (non-hydrogen) atoms. The van der Waals surface area contributed by atoms with Crippen LogP contribution in [-0.4, -0.2) is 11.0 Å². The molecule has 0 fully saturated rings. The maximum Gasteiger partial charge on any atom is 0.262 e. The van der Waals surface area contributed by atoms with Gasteiger partial charge in [0.05, 0.1) is 10.0 Å². The molecular formula is C17H15Cl2N3OS. The molecule has 0 heterocycles. The monoisotopic (exact) mass is 379 g/mol. The number of rotatable bonds is 4. The van der Waals surface area contributed by atoms with Crippen molar-refractivity contribution in [3.05, 3.63) is 75.8 Å². The average Bonchev–Trinajstić information content (AvgIpc) is 2.60. The second-order valence-corrected chi connectivity index (χ2v) is 5.95. The predicted octanol–water partition coefficient (Wildman–Crippen LogP) is 3.70. The van der Waals surface area contributed by atoms with E-state index in [1.165, 1.54) is 6.08 Å². The van der Waals surface area contributed by atoms with Crippen LogP contribution in [0.3, 0.4) is 0 Å². The third-order valence-electron chi connectivity index (χ3n) is 2.99. The van der Waals surface area contributed by atoms with Crippen LogP contribution in [0.4, 0.5) is 0 Å². The Morgan fingerprint density at radius 1 is 1.04 bits per heavy atom. The number of hydrogen-bond donors (Lipinski definition) is 3. The van der Waals surface area contributed by atoms with Gasteiger partial charge in [-0.2, -0.15) is 0 Å². The van der Waals surface area contributed by atoms with Gasteiger partial charge >= 0.3 is 0 Å². The zero-order valence-electron chi connectivity index (χ0n) is 12.6. The van der Waals surface area contributed by atoms with Gasteiger partial charge in [0.15, 0.2) is 5.11 Å². The van der Waals surface area contributed by atoms with Crippen LogP contribution >= 0.6 is 35.4 Å². The maximum absolute atomic E-state index is 11.8. The molecule has 2 aromatic rings. The lowest BCUT2D eigenvalue weighted by Crippen LogP contribution is -2.45. The number of carbonyl (C=O) groups excluding carboxylic acids is 1. The van der Waals surface area contributed by atoms with Gasteiger partial charge in [-0.05, 0) is 35.5 Å². The Morgan fingerprint density at radius 3 is 2.54 bits per heavy atom. The van der Waals surface area contributed by atoms with Gasteiger partial charge in [0.2, 0.25) is 0 Å². The van der Waals surface area contributed by atoms with E-state index in [2.05, 4.69) is 16.2 Å². The number of hydrazine groups is 1. The van der Waals surface area contributed by atoms with Crippen molar-refractivity contribution in [2.75, 3.05) is 0 Å². The van der Waals surface area contributed by atoms with E-state index in [1.807, 2.05) is 30.3 Å². The van der Waals surface area contributed by atoms with E-state index in [9.17, 15) is 4.79 Å². The van der Waals surface area contributed by atoms with Crippen molar-refractivity contribution in [3.8, 4) is 0 Å². The topological polar surface area (TPSA) is 53.2 Å². The smallest absolute Gasteiger partial charge is 0.262 e. The molecular weight excluding hydrogens is 365 g/mol. The summed E-state index contributed by atoms with van der Waals surface area (Å²) in [6.07, 6.45) is 2.91. The average molecular weight is 380 g/mol. The zero-order valence-corrected chi connectivity index (χ0v) is 14.9. The minimum Gasteiger partial charge on any atom is -0.357 e. The van der Waals surface area contributed by atoms with Crippen molar-refractivity contribution in [1.82, 2.24) is 16.2 Å². The molecule has 7 heteroatoms. The van der Waals surface area contributed by atoms with Gasteiger partial charge in [-0.3, -0.25) is 15.6 Å². The Bertz CT molecular complexity index is 751. The first-order valence-electron chi connectivity index (χ1n) is 7.06. The van der Waals surface area contributed by atoms with Crippen LogP contribution in [0.15, 0.2) is 54.6 Å². The Morgan fingerprint density at radius 2 is 1.79 bits per heavy atom. The van der Waals surface area contributed by atoms with E-state index >= 15 is 0 Å². The third kappa shape index (κ3) is 5.85. The highest BCUT2D eigenvalue weighted by molar-refractivity contribution is 7.80. The standard InChI is InChI=1S/C17H15Cl2N3OS/c18-14-8-4-7-13(16(14)19)9-10-15(23)21-22-17(24)20-11-12-5-2-1-3-6-12/h1-10H,11H2,(H,21,23)(H2,20,22,24)/b10-9+. The van der Waals surface area contributed by atoms with Gasteiger partial charge in [-0.15, -0.1) is 0 Å². The molecule has 0 bridgehead atoms. The van der Waals surface area contributed by atoms with Crippen molar-refractivity contribution < 1.29 is 4.79 Å². The molecule has 0 atom stereocenters. The van der Waals surface area contributed by atoms with Crippen molar-refractivity contribution in [1.29, 1.82) is 0 Å². The molecule has 1 amide bonds. The van der Waals surface area contributed by atoms with E-state index < -0.39 is 0 Å². The lowest BCUT2D eigenvalue weighted by Gasteiger charge is -2.10. The van der Waals surface area contributed by atoms with Crippen LogP contribution < -0.4 is 16.2 Å². The number of carbonyl (C=O) groups is 1. The molecule has 0 unspecified atom stereocenters. The predicted molar refractivity (Wildman–Crippen MR) is 103 cm³/mol. The van der Waals surface area contributed by atoms with Crippen LogP contribution in [0.2, 0.25) is 10.0 Å². The fourth-order valence-electron chi connectivity index (χ4n) is 1.80. The molecule has 0 saturated carbocycles. The number of halogens is 2. The van der Waals surface area contributed by atoms with E-state index in [0.717, 1.165) is 5.56 Å². The largest absolute Gasteiger partial charge is 0.357 e. The Labute approximate surface area is 155 Å². The van der Waals surface area contributed by atoms with Crippen molar-refractivity contribution in [2.45, 2.75) is 6.54 Å². The summed E-state index contributed by atoms with van der Waals surface area (Å²) in [6, 6.07) is 15.0. The molecule has 3 N–H and O–H groups in total. The summed E-state index contributed by atoms with van der Waals surface area (Å²) in [5.74, 6) is -0.366. The van der Waals surface area contributed by atoms with Gasteiger partial charge in [-0.25, -0.2) is 0 Å². The molecule has 4 nitrogen and oxygen atoms in total. The molecule has 124 valence electrons. The highest BCUT2D eigenvalue weighted by Crippen LogP contribution is 2.26. The van der Waals surface area contributed by atoms with Crippen LogP contribution in [0.5, 0.6) is 0 Å². The number of nitrogens with one attached hydrogen (secondary N) is 3. The van der Waals surface area contributed by atoms with Gasteiger partial charge in [0.25, 0.3) is 5.91 Å². The summed E-state index contributed by atoms with van der Waals surface area (Å²) in [4.78, 5) is 11.8. The number of hydrogen-bond acceptors (Lipinski definition) is 2. The Balaban J connectivity index is 1.77. The quantitative estimate of drug-likeness (QED) is 0.430. The fourth-order valence-corrected chi connectivity index (χ4v) is 2.29. The molecule has 0 spiro atoms. The highest BCUT2D eigenvalue weighted by Gasteiger charge is 2.02. The van der Waals surface area contributed by atoms with Crippen LogP contribution in [-0.2, 0) is 11.3 Å². The normalized spacial score (nSPS) is 10.4. The molecule has 0 radical (unpaired) electrons. The van der Waals surface area contributed by atoms with Crippen molar-refractivity contribution in [2.24, 2.45) is 0 Å². The summed E-state index contributed by atoms with van der Waals surface area (Å²) in [5.41, 5.74) is 6.84. The zero-order chi connectivity index (χ0) is 17.4. The first-order valence-corrected chi connectivity index (χ1v) is 8.22. The number of benzene rings is 2. The van der Waals surface area contributed by atoms with Gasteiger partial charge < -0.3 is 5.32 Å². The van der Waals surface area contributed by atoms with E-state index in [-0.39, 0.29) is 5.91 Å². The SMILES string of the molecule is O=C(/C=C/c1cccc(Cl)c1Cl)NNC(=S)NCc1ccccc1. The molecule has 2 aromatic carbocycles. The second kappa shape index (κ2) is 9.27. The number of amides is 1. The first kappa shape index (κ1) is 18.3. The van der Waals surface area contributed by atoms with Gasteiger partial charge in [-0.1, -0.05) is 65.7 Å². The lowest BCUT2D eigenvalue weighted by molar-refractivity contribution is -0.116. The number of thiocarbonyl (C=S) groups is 1. The van der Waals surface area contributed by atoms with Gasteiger partial charge in [0, 0.05) is 12.6 Å². The molecule has 0 aliphatic heterocycles. The fraction of sp³-hybridized carbons (Fsp3) is 0.0588. The van der Waals surface area contributed by atoms with Crippen LogP contribution in [0.25, 0.3) is 6.08 Å². The Hall–Kier alpha value is -2.08. The minimum atomic E-state index is -0.366. The van der Waals surface area contributed by atoms with E-state index in [4.69, 9.17) is 35.4 Å². The summed E-state index contributed by atoms with van der Waals surface area (Å²) >= 11 is 17.0. The summed E-state index contributed by atoms with van der Waals surface area (Å²) in [5, 5.41) is 4.14. The summed E-state index contributed by atoms with van der Waals surface area (Å²) in [7, 11) is 0. The maximum atomic E-state index is 11.8. The van der Waals surface area contributed by atoms with Gasteiger partial charge in [0.1, 0.15) is 0 Å². The van der Waals surface area contributed by atoms with Crippen LogP contribution in [0, 0.1) is 0 Å². The van der Waals surface area contributed by atoms with E-state index in [0.29, 0.717) is 27.3 Å². The summed E-state index contributed by atoms with van der Waals surface area (Å²) in [6.45, 7) is 0.566. The third-order valence-corrected chi connectivity index (χ3v) is 4.07. The minimum absolute atomic E-state index is 0.321. The van der Waals surface area contributed by atoms with Crippen molar-refractivity contribution >= 4 is 52.5 Å². The van der Waals surface area contributed by atoms with Crippen molar-refractivity contribution in [3.63, 3.8) is 0 Å². The molecule has 0 aromatic heterocycles. The highest BCUT2D eigenvalue weighted by atomic mass is 35.5. The lowest BCUT2D eigenvalue weighted by atomic mass is 10.2.